The van der Waals surface area contributed by atoms with Crippen molar-refractivity contribution in [2.24, 2.45) is 0 Å². The van der Waals surface area contributed by atoms with Gasteiger partial charge in [-0.3, -0.25) is 29.1 Å². The molecule has 8 heteroatoms. The van der Waals surface area contributed by atoms with Crippen LogP contribution in [0.3, 0.4) is 0 Å². The van der Waals surface area contributed by atoms with Crippen molar-refractivity contribution in [3.8, 4) is 11.4 Å². The van der Waals surface area contributed by atoms with Crippen molar-refractivity contribution in [2.75, 3.05) is 0 Å². The molecule has 0 radical (unpaired) electrons. The summed E-state index contributed by atoms with van der Waals surface area (Å²) >= 11 is 0. The van der Waals surface area contributed by atoms with Crippen LogP contribution in [0.1, 0.15) is 0 Å². The number of hydrogen-bond donors (Lipinski definition) is 0. The predicted octanol–water partition coefficient (Wildman–Crippen LogP) is 1.83. The molecule has 0 aliphatic carbocycles. The predicted molar refractivity (Wildman–Crippen MR) is 121 cm³/mol. The summed E-state index contributed by atoms with van der Waals surface area (Å²) in [4.78, 5) is 60.4. The number of pyridine rings is 2. The Morgan fingerprint density at radius 2 is 0.781 bits per heavy atom. The molecular weight excluding hydrogens is 408 g/mol. The average molecular weight is 420 g/mol. The third kappa shape index (κ3) is 2.26. The van der Waals surface area contributed by atoms with E-state index in [0.29, 0.717) is 22.1 Å². The first-order valence-electron chi connectivity index (χ1n) is 9.75. The van der Waals surface area contributed by atoms with E-state index in [0.717, 1.165) is 9.13 Å². The van der Waals surface area contributed by atoms with Gasteiger partial charge in [0.25, 0.3) is 22.2 Å². The largest absolute Gasteiger partial charge is 0.268 e. The second kappa shape index (κ2) is 6.39. The van der Waals surface area contributed by atoms with Gasteiger partial charge in [0.2, 0.25) is 0 Å². The van der Waals surface area contributed by atoms with Crippen LogP contribution in [0.15, 0.2) is 92.5 Å². The van der Waals surface area contributed by atoms with Crippen LogP contribution in [0.2, 0.25) is 0 Å². The molecule has 0 spiro atoms. The summed E-state index contributed by atoms with van der Waals surface area (Å²) in [6, 6.07) is 12.6. The first-order valence-corrected chi connectivity index (χ1v) is 9.75. The number of benzene rings is 2. The summed E-state index contributed by atoms with van der Waals surface area (Å²) in [5, 5.41) is 1.84. The number of rotatable bonds is 2. The van der Waals surface area contributed by atoms with E-state index in [2.05, 4.69) is 9.97 Å². The van der Waals surface area contributed by atoms with Gasteiger partial charge in [-0.15, -0.1) is 0 Å². The van der Waals surface area contributed by atoms with E-state index in [-0.39, 0.29) is 21.5 Å². The minimum absolute atomic E-state index is 0.217. The summed E-state index contributed by atoms with van der Waals surface area (Å²) in [5.74, 6) is 0. The lowest BCUT2D eigenvalue weighted by Gasteiger charge is -2.00. The van der Waals surface area contributed by atoms with Crippen LogP contribution in [-0.2, 0) is 0 Å². The minimum atomic E-state index is -0.482. The van der Waals surface area contributed by atoms with Crippen molar-refractivity contribution < 1.29 is 0 Å². The highest BCUT2D eigenvalue weighted by molar-refractivity contribution is 6.17. The van der Waals surface area contributed by atoms with Gasteiger partial charge in [0.1, 0.15) is 0 Å². The molecule has 0 unspecified atom stereocenters. The normalized spacial score (nSPS) is 11.6. The van der Waals surface area contributed by atoms with Crippen LogP contribution in [0.4, 0.5) is 0 Å². The van der Waals surface area contributed by atoms with E-state index in [1.165, 1.54) is 36.9 Å². The van der Waals surface area contributed by atoms with Crippen LogP contribution < -0.4 is 22.2 Å². The van der Waals surface area contributed by atoms with Crippen molar-refractivity contribution in [2.45, 2.75) is 0 Å². The zero-order valence-electron chi connectivity index (χ0n) is 16.4. The molecule has 0 N–H and O–H groups in total. The fraction of sp³-hybridized carbons (Fsp3) is 0. The molecule has 0 fully saturated rings. The van der Waals surface area contributed by atoms with Gasteiger partial charge in [-0.05, 0) is 47.2 Å². The van der Waals surface area contributed by atoms with E-state index in [4.69, 9.17) is 0 Å². The molecule has 0 saturated heterocycles. The third-order valence-electron chi connectivity index (χ3n) is 5.74. The Morgan fingerprint density at radius 1 is 0.438 bits per heavy atom. The highest BCUT2D eigenvalue weighted by atomic mass is 16.2. The minimum Gasteiger partial charge on any atom is -0.268 e. The molecule has 0 bridgehead atoms. The number of hydrogen-bond acceptors (Lipinski definition) is 6. The van der Waals surface area contributed by atoms with Crippen LogP contribution in [0.5, 0.6) is 0 Å². The van der Waals surface area contributed by atoms with Gasteiger partial charge in [0.15, 0.2) is 0 Å². The second-order valence-electron chi connectivity index (χ2n) is 7.37. The Morgan fingerprint density at radius 3 is 1.16 bits per heavy atom. The fourth-order valence-corrected chi connectivity index (χ4v) is 4.33. The van der Waals surface area contributed by atoms with Crippen LogP contribution in [0, 0.1) is 0 Å². The molecule has 0 atom stereocenters. The smallest absolute Gasteiger partial charge is 0.266 e. The first-order chi connectivity index (χ1) is 15.6. The summed E-state index contributed by atoms with van der Waals surface area (Å²) in [6.45, 7) is 0. The Kier molecular flexibility index (Phi) is 3.61. The molecule has 6 rings (SSSR count). The lowest BCUT2D eigenvalue weighted by atomic mass is 10.0. The molecular formula is C24H12N4O4. The molecule has 32 heavy (non-hydrogen) atoms. The molecule has 2 aromatic carbocycles. The summed E-state index contributed by atoms with van der Waals surface area (Å²) in [7, 11) is 0. The molecule has 152 valence electrons. The van der Waals surface area contributed by atoms with Crippen molar-refractivity contribution >= 4 is 32.3 Å². The van der Waals surface area contributed by atoms with Crippen molar-refractivity contribution in [3.05, 3.63) is 115 Å². The van der Waals surface area contributed by atoms with Gasteiger partial charge in [-0.1, -0.05) is 12.1 Å². The Labute approximate surface area is 178 Å². The van der Waals surface area contributed by atoms with Crippen molar-refractivity contribution in [1.82, 2.24) is 19.1 Å². The maximum atomic E-state index is 13.3. The summed E-state index contributed by atoms with van der Waals surface area (Å²) in [6.07, 6.45) is 6.01. The molecule has 0 saturated carbocycles. The van der Waals surface area contributed by atoms with E-state index >= 15 is 0 Å². The van der Waals surface area contributed by atoms with E-state index in [1.807, 2.05) is 0 Å². The highest BCUT2D eigenvalue weighted by Gasteiger charge is 2.21. The van der Waals surface area contributed by atoms with E-state index in [9.17, 15) is 19.2 Å². The quantitative estimate of drug-likeness (QED) is 0.423. The molecule has 6 aromatic rings. The topological polar surface area (TPSA) is 104 Å². The highest BCUT2D eigenvalue weighted by Crippen LogP contribution is 2.27. The van der Waals surface area contributed by atoms with E-state index < -0.39 is 22.2 Å². The Bertz CT molecular complexity index is 1750. The standard InChI is InChI=1S/C24H12N4O4/c29-21-17-3-1-15-16(20(17)24(32)27(21)13-5-9-25-10-6-13)2-4-18-19(15)23(31)28(22(18)30)14-7-11-26-12-8-14/h1-12H. The monoisotopic (exact) mass is 420 g/mol. The molecule has 4 heterocycles. The van der Waals surface area contributed by atoms with Crippen LogP contribution >= 0.6 is 0 Å². The average Bonchev–Trinajstić information content (AvgIpc) is 3.24. The zero-order chi connectivity index (χ0) is 22.0. The van der Waals surface area contributed by atoms with Gasteiger partial charge in [0, 0.05) is 24.8 Å². The molecule has 0 amide bonds. The van der Waals surface area contributed by atoms with Gasteiger partial charge >= 0.3 is 0 Å². The van der Waals surface area contributed by atoms with Gasteiger partial charge in [0.05, 0.1) is 32.9 Å². The van der Waals surface area contributed by atoms with Gasteiger partial charge < -0.3 is 0 Å². The lowest BCUT2D eigenvalue weighted by molar-refractivity contribution is 0.985. The first kappa shape index (κ1) is 18.1. The number of fused-ring (bicyclic) bond motifs is 5. The number of aromatic nitrogens is 4. The Balaban J connectivity index is 1.77. The second-order valence-corrected chi connectivity index (χ2v) is 7.37. The summed E-state index contributed by atoms with van der Waals surface area (Å²) < 4.78 is 2.19. The molecule has 0 aliphatic rings. The van der Waals surface area contributed by atoms with E-state index in [1.54, 1.807) is 36.4 Å². The molecule has 8 nitrogen and oxygen atoms in total. The van der Waals surface area contributed by atoms with Gasteiger partial charge in [-0.2, -0.15) is 0 Å². The number of nitrogens with zero attached hydrogens (tertiary/aromatic N) is 4. The lowest BCUT2D eigenvalue weighted by Crippen LogP contribution is -2.23. The maximum Gasteiger partial charge on any atom is 0.266 e. The van der Waals surface area contributed by atoms with Crippen LogP contribution in [-0.4, -0.2) is 19.1 Å². The molecule has 4 aromatic heterocycles. The van der Waals surface area contributed by atoms with Crippen molar-refractivity contribution in [3.63, 3.8) is 0 Å². The van der Waals surface area contributed by atoms with Crippen LogP contribution in [0.25, 0.3) is 43.7 Å². The van der Waals surface area contributed by atoms with Crippen molar-refractivity contribution in [1.29, 1.82) is 0 Å². The third-order valence-corrected chi connectivity index (χ3v) is 5.74. The maximum absolute atomic E-state index is 13.3. The zero-order valence-corrected chi connectivity index (χ0v) is 16.4. The summed E-state index contributed by atoms with van der Waals surface area (Å²) in [5.41, 5.74) is -1.03. The molecule has 0 aliphatic heterocycles. The Hall–Kier alpha value is -4.72. The SMILES string of the molecule is O=c1c2ccc3c(ccc4c(=O)n(-c5ccncc5)c(=O)c43)c2c(=O)n1-c1ccncc1. The fourth-order valence-electron chi connectivity index (χ4n) is 4.33. The van der Waals surface area contributed by atoms with Gasteiger partial charge in [-0.25, -0.2) is 9.13 Å².